The zero-order valence-electron chi connectivity index (χ0n) is 22.9. The molecule has 1 unspecified atom stereocenters. The molecule has 0 aliphatic heterocycles. The molecule has 42 heavy (non-hydrogen) atoms. The number of hydrogen-bond acceptors (Lipinski definition) is 11. The number of fused-ring (bicyclic) bond motifs is 1. The fraction of sp³-hybridized carbons (Fsp3) is 0.414. The molecule has 4 N–H and O–H groups in total. The number of aliphatic hydroxyl groups excluding tert-OH is 2. The van der Waals surface area contributed by atoms with Gasteiger partial charge in [-0.2, -0.15) is 10.2 Å². The van der Waals surface area contributed by atoms with Crippen LogP contribution in [0.5, 0.6) is 5.75 Å². The van der Waals surface area contributed by atoms with E-state index in [1.165, 1.54) is 18.4 Å². The van der Waals surface area contributed by atoms with Crippen LogP contribution in [0.15, 0.2) is 24.4 Å². The summed E-state index contributed by atoms with van der Waals surface area (Å²) in [7, 11) is 1.33. The quantitative estimate of drug-likeness (QED) is 0.216. The number of hydrogen-bond donors (Lipinski definition) is 4. The van der Waals surface area contributed by atoms with E-state index < -0.39 is 35.8 Å². The summed E-state index contributed by atoms with van der Waals surface area (Å²) in [5.41, 5.74) is 2.76. The van der Waals surface area contributed by atoms with Crippen LogP contribution in [-0.2, 0) is 6.54 Å². The molecule has 0 radical (unpaired) electrons. The van der Waals surface area contributed by atoms with E-state index in [1.54, 1.807) is 13.1 Å². The first-order chi connectivity index (χ1) is 20.3. The number of aliphatic hydroxyl groups is 2. The highest BCUT2D eigenvalue weighted by atomic mass is 32.1. The third-order valence-electron chi connectivity index (χ3n) is 7.85. The molecule has 2 aliphatic carbocycles. The molecule has 2 aliphatic rings. The maximum atomic E-state index is 14.6. The van der Waals surface area contributed by atoms with Crippen molar-refractivity contribution in [3.8, 4) is 22.4 Å². The Morgan fingerprint density at radius 1 is 1.14 bits per heavy atom. The van der Waals surface area contributed by atoms with Crippen molar-refractivity contribution in [2.45, 2.75) is 63.3 Å². The minimum Gasteiger partial charge on any atom is -0.497 e. The number of nitrogens with zero attached hydrogens (tertiary/aromatic N) is 5. The third-order valence-corrected chi connectivity index (χ3v) is 8.89. The lowest BCUT2D eigenvalue weighted by molar-refractivity contribution is 0.0183. The maximum Gasteiger partial charge on any atom is 0.225 e. The van der Waals surface area contributed by atoms with Crippen molar-refractivity contribution in [3.05, 3.63) is 53.0 Å². The van der Waals surface area contributed by atoms with Gasteiger partial charge in [0.25, 0.3) is 0 Å². The molecule has 218 valence electrons. The fourth-order valence-corrected chi connectivity index (χ4v) is 6.51. The van der Waals surface area contributed by atoms with Gasteiger partial charge in [-0.15, -0.1) is 11.3 Å². The second-order valence-corrected chi connectivity index (χ2v) is 11.7. The summed E-state index contributed by atoms with van der Waals surface area (Å²) >= 11 is 1.47. The van der Waals surface area contributed by atoms with Crippen molar-refractivity contribution >= 4 is 33.3 Å². The molecule has 4 atom stereocenters. The Morgan fingerprint density at radius 2 is 1.90 bits per heavy atom. The first-order valence-corrected chi connectivity index (χ1v) is 14.5. The Labute approximate surface area is 244 Å². The van der Waals surface area contributed by atoms with Gasteiger partial charge < -0.3 is 25.6 Å². The number of anilines is 2. The monoisotopic (exact) mass is 593 g/mol. The molecular formula is C29H29F2N7O3S. The van der Waals surface area contributed by atoms with Gasteiger partial charge in [-0.1, -0.05) is 0 Å². The van der Waals surface area contributed by atoms with Gasteiger partial charge in [0.15, 0.2) is 0 Å². The van der Waals surface area contributed by atoms with Crippen LogP contribution in [0.2, 0.25) is 0 Å². The predicted molar refractivity (Wildman–Crippen MR) is 153 cm³/mol. The second-order valence-electron chi connectivity index (χ2n) is 10.7. The lowest BCUT2D eigenvalue weighted by atomic mass is 10.0. The maximum absolute atomic E-state index is 14.6. The van der Waals surface area contributed by atoms with Crippen molar-refractivity contribution < 1.29 is 23.7 Å². The summed E-state index contributed by atoms with van der Waals surface area (Å²) in [5, 5.41) is 37.3. The fourth-order valence-electron chi connectivity index (χ4n) is 5.45. The van der Waals surface area contributed by atoms with Crippen LogP contribution >= 0.6 is 11.3 Å². The van der Waals surface area contributed by atoms with Gasteiger partial charge in [-0.05, 0) is 32.3 Å². The van der Waals surface area contributed by atoms with Crippen LogP contribution in [0.25, 0.3) is 20.8 Å². The number of nitrogens with one attached hydrogen (secondary N) is 2. The van der Waals surface area contributed by atoms with Crippen LogP contribution in [0.1, 0.15) is 48.6 Å². The van der Waals surface area contributed by atoms with E-state index in [4.69, 9.17) is 15.0 Å². The van der Waals surface area contributed by atoms with E-state index >= 15 is 0 Å². The van der Waals surface area contributed by atoms with Gasteiger partial charge in [0.05, 0.1) is 47.0 Å². The molecule has 13 heteroatoms. The number of methoxy groups -OCH3 is 1. The van der Waals surface area contributed by atoms with Crippen LogP contribution in [-0.4, -0.2) is 55.5 Å². The zero-order chi connectivity index (χ0) is 29.5. The van der Waals surface area contributed by atoms with Crippen molar-refractivity contribution in [2.24, 2.45) is 5.92 Å². The SMILES string of the molecule is COc1cc(F)c(CNc2nc(C)c(-c3nc4c(C5CC5)nccc4s3)c(NC3C[C@H](CC#N)[C@@H](O)[C@H]3O)n2)c(F)c1. The number of rotatable bonds is 9. The van der Waals surface area contributed by atoms with Gasteiger partial charge >= 0.3 is 0 Å². The average molecular weight is 594 g/mol. The average Bonchev–Trinajstić information content (AvgIpc) is 3.67. The zero-order valence-corrected chi connectivity index (χ0v) is 23.8. The van der Waals surface area contributed by atoms with Crippen molar-refractivity contribution in [3.63, 3.8) is 0 Å². The standard InChI is InChI=1S/C29H29F2N7O3S/c1-13-22(28-37-24-21(42-28)6-8-33-23(24)14-3-4-14)27(36-20-9-15(5-7-32)25(39)26(20)40)38-29(35-13)34-12-17-18(30)10-16(41-2)11-19(17)31/h6,8,10-11,14-15,20,25-26,39-40H,3-5,9,12H2,1-2H3,(H2,34,35,36,38)/t15-,20?,25+,26-/m0/s1. The summed E-state index contributed by atoms with van der Waals surface area (Å²) in [4.78, 5) is 18.7. The van der Waals surface area contributed by atoms with Gasteiger partial charge in [0.2, 0.25) is 5.95 Å². The molecule has 0 amide bonds. The highest BCUT2D eigenvalue weighted by Gasteiger charge is 2.42. The summed E-state index contributed by atoms with van der Waals surface area (Å²) in [5.74, 6) is -1.02. The molecule has 4 aromatic rings. The molecule has 0 saturated heterocycles. The number of halogens is 2. The van der Waals surface area contributed by atoms with Crippen molar-refractivity contribution in [2.75, 3.05) is 17.7 Å². The molecule has 6 rings (SSSR count). The minimum atomic E-state index is -1.13. The first-order valence-electron chi connectivity index (χ1n) is 13.7. The molecule has 0 spiro atoms. The Bertz CT molecular complexity index is 1670. The summed E-state index contributed by atoms with van der Waals surface area (Å²) in [6.07, 6.45) is 2.20. The second kappa shape index (κ2) is 11.4. The van der Waals surface area contributed by atoms with E-state index in [0.29, 0.717) is 34.4 Å². The van der Waals surface area contributed by atoms with Gasteiger partial charge in [0, 0.05) is 48.7 Å². The normalized spacial score (nSPS) is 21.8. The summed E-state index contributed by atoms with van der Waals surface area (Å²) in [6.45, 7) is 1.55. The van der Waals surface area contributed by atoms with E-state index in [2.05, 4.69) is 31.7 Å². The molecular weight excluding hydrogens is 564 g/mol. The summed E-state index contributed by atoms with van der Waals surface area (Å²) in [6, 6.07) is 5.59. The van der Waals surface area contributed by atoms with Gasteiger partial charge in [0.1, 0.15) is 39.8 Å². The van der Waals surface area contributed by atoms with Crippen LogP contribution in [0, 0.1) is 35.8 Å². The number of benzene rings is 1. The van der Waals surface area contributed by atoms with E-state index in [9.17, 15) is 19.0 Å². The van der Waals surface area contributed by atoms with Crippen LogP contribution in [0.3, 0.4) is 0 Å². The highest BCUT2D eigenvalue weighted by Crippen LogP contribution is 2.44. The Kier molecular flexibility index (Phi) is 7.61. The van der Waals surface area contributed by atoms with Gasteiger partial charge in [-0.3, -0.25) is 4.98 Å². The van der Waals surface area contributed by atoms with Gasteiger partial charge in [-0.25, -0.2) is 18.7 Å². The van der Waals surface area contributed by atoms with Crippen LogP contribution < -0.4 is 15.4 Å². The molecule has 0 bridgehead atoms. The van der Waals surface area contributed by atoms with Crippen molar-refractivity contribution in [1.82, 2.24) is 19.9 Å². The Balaban J connectivity index is 1.37. The lowest BCUT2D eigenvalue weighted by Crippen LogP contribution is -2.35. The first kappa shape index (κ1) is 28.1. The van der Waals surface area contributed by atoms with E-state index in [1.807, 2.05) is 6.07 Å². The van der Waals surface area contributed by atoms with Crippen molar-refractivity contribution in [1.29, 1.82) is 5.26 Å². The Morgan fingerprint density at radius 3 is 2.60 bits per heavy atom. The topological polar surface area (TPSA) is 149 Å². The van der Waals surface area contributed by atoms with E-state index in [-0.39, 0.29) is 30.2 Å². The Hall–Kier alpha value is -3.99. The molecule has 3 heterocycles. The van der Waals surface area contributed by atoms with E-state index in [0.717, 1.165) is 40.9 Å². The smallest absolute Gasteiger partial charge is 0.225 e. The minimum absolute atomic E-state index is 0.0690. The largest absolute Gasteiger partial charge is 0.497 e. The molecule has 10 nitrogen and oxygen atoms in total. The van der Waals surface area contributed by atoms with Crippen LogP contribution in [0.4, 0.5) is 20.5 Å². The molecule has 3 aromatic heterocycles. The molecule has 2 fully saturated rings. The highest BCUT2D eigenvalue weighted by molar-refractivity contribution is 7.21. The lowest BCUT2D eigenvalue weighted by Gasteiger charge is -2.21. The summed E-state index contributed by atoms with van der Waals surface area (Å²) < 4.78 is 35.1. The number of ether oxygens (including phenoxy) is 1. The third kappa shape index (κ3) is 5.33. The number of pyridine rings is 1. The number of thiazole rings is 1. The predicted octanol–water partition coefficient (Wildman–Crippen LogP) is 4.67. The molecule has 1 aromatic carbocycles. The number of nitriles is 1. The molecule has 2 saturated carbocycles. The number of aromatic nitrogens is 4. The number of aryl methyl sites for hydroxylation is 1.